The van der Waals surface area contributed by atoms with Crippen LogP contribution in [0.3, 0.4) is 0 Å². The normalized spacial score (nSPS) is 11.1. The van der Waals surface area contributed by atoms with Crippen LogP contribution in [0.25, 0.3) is 10.9 Å². The van der Waals surface area contributed by atoms with Crippen molar-refractivity contribution in [1.82, 2.24) is 4.57 Å². The van der Waals surface area contributed by atoms with Crippen molar-refractivity contribution in [2.24, 2.45) is 0 Å². The van der Waals surface area contributed by atoms with Gasteiger partial charge in [-0.3, -0.25) is 0 Å². The standard InChI is InChI=1S/C13H11BrN2O/c14-12-9-16(5-1-2-6-17)13-4-3-10(8-15)7-11(12)13/h1-4,7,9,17H,5-6H2. The molecule has 0 radical (unpaired) electrons. The van der Waals surface area contributed by atoms with Crippen molar-refractivity contribution < 1.29 is 5.11 Å². The van der Waals surface area contributed by atoms with Gasteiger partial charge in [0.05, 0.1) is 18.2 Å². The van der Waals surface area contributed by atoms with E-state index in [-0.39, 0.29) is 6.61 Å². The molecule has 0 atom stereocenters. The number of rotatable bonds is 3. The molecule has 4 heteroatoms. The van der Waals surface area contributed by atoms with Gasteiger partial charge in [0.15, 0.2) is 0 Å². The fourth-order valence-corrected chi connectivity index (χ4v) is 2.30. The van der Waals surface area contributed by atoms with E-state index in [1.54, 1.807) is 12.1 Å². The Morgan fingerprint density at radius 2 is 2.24 bits per heavy atom. The Bertz CT molecular complexity index is 608. The molecule has 17 heavy (non-hydrogen) atoms. The molecular weight excluding hydrogens is 280 g/mol. The summed E-state index contributed by atoms with van der Waals surface area (Å²) in [5.41, 5.74) is 1.72. The summed E-state index contributed by atoms with van der Waals surface area (Å²) in [6.45, 7) is 0.757. The Kier molecular flexibility index (Phi) is 3.62. The molecule has 2 rings (SSSR count). The largest absolute Gasteiger partial charge is 0.392 e. The molecule has 0 aliphatic carbocycles. The lowest BCUT2D eigenvalue weighted by Gasteiger charge is -2.00. The molecule has 0 saturated carbocycles. The van der Waals surface area contributed by atoms with E-state index < -0.39 is 0 Å². The monoisotopic (exact) mass is 290 g/mol. The minimum absolute atomic E-state index is 0.0545. The lowest BCUT2D eigenvalue weighted by Crippen LogP contribution is -1.92. The number of fused-ring (bicyclic) bond motifs is 1. The Balaban J connectivity index is 2.46. The molecule has 0 unspecified atom stereocenters. The summed E-state index contributed by atoms with van der Waals surface area (Å²) < 4.78 is 3.04. The highest BCUT2D eigenvalue weighted by atomic mass is 79.9. The zero-order chi connectivity index (χ0) is 12.3. The maximum absolute atomic E-state index is 8.86. The second-order valence-corrected chi connectivity index (χ2v) is 4.48. The van der Waals surface area contributed by atoms with Crippen molar-refractivity contribution in [3.63, 3.8) is 0 Å². The minimum atomic E-state index is 0.0545. The van der Waals surface area contributed by atoms with Gasteiger partial charge < -0.3 is 9.67 Å². The molecule has 2 aromatic rings. The molecule has 0 bridgehead atoms. The summed E-state index contributed by atoms with van der Waals surface area (Å²) in [7, 11) is 0. The number of hydrogen-bond donors (Lipinski definition) is 1. The Morgan fingerprint density at radius 1 is 1.41 bits per heavy atom. The van der Waals surface area contributed by atoms with Crippen molar-refractivity contribution in [1.29, 1.82) is 5.26 Å². The van der Waals surface area contributed by atoms with E-state index >= 15 is 0 Å². The lowest BCUT2D eigenvalue weighted by molar-refractivity contribution is 0.342. The molecule has 0 spiro atoms. The summed E-state index contributed by atoms with van der Waals surface area (Å²) in [5.74, 6) is 0. The van der Waals surface area contributed by atoms with E-state index in [9.17, 15) is 0 Å². The molecule has 1 aromatic heterocycles. The van der Waals surface area contributed by atoms with Gasteiger partial charge in [-0.15, -0.1) is 0 Å². The molecule has 1 aromatic carbocycles. The van der Waals surface area contributed by atoms with E-state index in [1.165, 1.54) is 0 Å². The van der Waals surface area contributed by atoms with Gasteiger partial charge >= 0.3 is 0 Å². The summed E-state index contributed by atoms with van der Waals surface area (Å²) in [6.07, 6.45) is 5.60. The van der Waals surface area contributed by atoms with Crippen molar-refractivity contribution in [3.05, 3.63) is 46.6 Å². The number of benzene rings is 1. The number of hydrogen-bond acceptors (Lipinski definition) is 2. The first-order valence-electron chi connectivity index (χ1n) is 5.20. The van der Waals surface area contributed by atoms with E-state index in [1.807, 2.05) is 24.4 Å². The topological polar surface area (TPSA) is 49.0 Å². The molecule has 3 nitrogen and oxygen atoms in total. The predicted molar refractivity (Wildman–Crippen MR) is 70.6 cm³/mol. The summed E-state index contributed by atoms with van der Waals surface area (Å²) >= 11 is 3.49. The number of allylic oxidation sites excluding steroid dienone is 1. The van der Waals surface area contributed by atoms with Crippen molar-refractivity contribution in [3.8, 4) is 6.07 Å². The number of aromatic nitrogens is 1. The first kappa shape index (κ1) is 11.9. The quantitative estimate of drug-likeness (QED) is 0.884. The van der Waals surface area contributed by atoms with E-state index in [4.69, 9.17) is 10.4 Å². The zero-order valence-electron chi connectivity index (χ0n) is 9.10. The minimum Gasteiger partial charge on any atom is -0.392 e. The zero-order valence-corrected chi connectivity index (χ0v) is 10.7. The molecular formula is C13H11BrN2O. The van der Waals surface area contributed by atoms with Crippen molar-refractivity contribution >= 4 is 26.8 Å². The molecule has 0 fully saturated rings. The molecule has 0 saturated heterocycles. The van der Waals surface area contributed by atoms with Crippen LogP contribution < -0.4 is 0 Å². The fraction of sp³-hybridized carbons (Fsp3) is 0.154. The summed E-state index contributed by atoms with van der Waals surface area (Å²) in [6, 6.07) is 7.74. The molecule has 0 aliphatic rings. The van der Waals surface area contributed by atoms with Crippen LogP contribution in [0, 0.1) is 11.3 Å². The molecule has 0 aliphatic heterocycles. The van der Waals surface area contributed by atoms with Gasteiger partial charge in [0, 0.05) is 28.1 Å². The third-order valence-corrected chi connectivity index (χ3v) is 3.17. The van der Waals surface area contributed by atoms with Gasteiger partial charge in [-0.05, 0) is 34.1 Å². The average molecular weight is 291 g/mol. The number of aliphatic hydroxyl groups is 1. The Morgan fingerprint density at radius 3 is 2.94 bits per heavy atom. The lowest BCUT2D eigenvalue weighted by atomic mass is 10.2. The number of nitriles is 1. The van der Waals surface area contributed by atoms with Gasteiger partial charge in [-0.2, -0.15) is 5.26 Å². The SMILES string of the molecule is N#Cc1ccc2c(c1)c(Br)cn2CC=CCO. The fourth-order valence-electron chi connectivity index (χ4n) is 1.74. The number of halogens is 1. The molecule has 1 heterocycles. The molecule has 86 valence electrons. The maximum Gasteiger partial charge on any atom is 0.0991 e. The Labute approximate surface area is 108 Å². The van der Waals surface area contributed by atoms with Crippen LogP contribution in [0.15, 0.2) is 41.0 Å². The third-order valence-electron chi connectivity index (χ3n) is 2.54. The van der Waals surface area contributed by atoms with Crippen LogP contribution in [0.4, 0.5) is 0 Å². The third kappa shape index (κ3) is 2.41. The second kappa shape index (κ2) is 5.17. The number of aliphatic hydroxyl groups excluding tert-OH is 1. The summed E-state index contributed by atoms with van der Waals surface area (Å²) in [4.78, 5) is 0. The second-order valence-electron chi connectivity index (χ2n) is 3.63. The van der Waals surface area contributed by atoms with Gasteiger partial charge in [0.2, 0.25) is 0 Å². The average Bonchev–Trinajstić information content (AvgIpc) is 2.66. The predicted octanol–water partition coefficient (Wildman–Crippen LogP) is 2.82. The highest BCUT2D eigenvalue weighted by Gasteiger charge is 2.06. The first-order valence-corrected chi connectivity index (χ1v) is 6.00. The smallest absolute Gasteiger partial charge is 0.0991 e. The van der Waals surface area contributed by atoms with Crippen molar-refractivity contribution in [2.75, 3.05) is 6.61 Å². The van der Waals surface area contributed by atoms with E-state index in [2.05, 4.69) is 26.6 Å². The van der Waals surface area contributed by atoms with Crippen LogP contribution in [-0.4, -0.2) is 16.3 Å². The van der Waals surface area contributed by atoms with Gasteiger partial charge in [-0.1, -0.05) is 12.2 Å². The molecule has 1 N–H and O–H groups in total. The van der Waals surface area contributed by atoms with Crippen LogP contribution >= 0.6 is 15.9 Å². The highest BCUT2D eigenvalue weighted by Crippen LogP contribution is 2.27. The van der Waals surface area contributed by atoms with Crippen molar-refractivity contribution in [2.45, 2.75) is 6.54 Å². The first-order chi connectivity index (χ1) is 8.26. The van der Waals surface area contributed by atoms with Crippen LogP contribution in [-0.2, 0) is 6.54 Å². The van der Waals surface area contributed by atoms with Crippen LogP contribution in [0.5, 0.6) is 0 Å². The van der Waals surface area contributed by atoms with E-state index in [0.717, 1.165) is 15.4 Å². The Hall–Kier alpha value is -1.57. The van der Waals surface area contributed by atoms with Crippen LogP contribution in [0.2, 0.25) is 0 Å². The maximum atomic E-state index is 8.86. The van der Waals surface area contributed by atoms with Gasteiger partial charge in [0.1, 0.15) is 0 Å². The van der Waals surface area contributed by atoms with Gasteiger partial charge in [0.25, 0.3) is 0 Å². The van der Waals surface area contributed by atoms with E-state index in [0.29, 0.717) is 12.1 Å². The highest BCUT2D eigenvalue weighted by molar-refractivity contribution is 9.10. The van der Waals surface area contributed by atoms with Gasteiger partial charge in [-0.25, -0.2) is 0 Å². The number of nitrogens with zero attached hydrogens (tertiary/aromatic N) is 2. The summed E-state index contributed by atoms with van der Waals surface area (Å²) in [5, 5.41) is 18.6. The molecule has 0 amide bonds. The van der Waals surface area contributed by atoms with Crippen LogP contribution in [0.1, 0.15) is 5.56 Å².